The molecule has 0 aliphatic carbocycles. The number of rotatable bonds is 6. The Morgan fingerprint density at radius 2 is 1.93 bits per heavy atom. The molecule has 1 fully saturated rings. The van der Waals surface area contributed by atoms with Gasteiger partial charge in [0.2, 0.25) is 5.91 Å². The minimum absolute atomic E-state index is 0. The van der Waals surface area contributed by atoms with Crippen LogP contribution in [0, 0.1) is 5.92 Å². The van der Waals surface area contributed by atoms with Crippen LogP contribution in [0.5, 0.6) is 0 Å². The van der Waals surface area contributed by atoms with Crippen LogP contribution in [0.3, 0.4) is 0 Å². The number of benzene rings is 2. The molecular formula is C21H26Cl2N4O. The number of fused-ring (bicyclic) bond motifs is 1. The van der Waals surface area contributed by atoms with Crippen molar-refractivity contribution in [3.63, 3.8) is 0 Å². The highest BCUT2D eigenvalue weighted by Crippen LogP contribution is 2.17. The number of hydrogen-bond donors (Lipinski definition) is 2. The first-order valence-corrected chi connectivity index (χ1v) is 9.27. The molecule has 1 aliphatic heterocycles. The minimum Gasteiger partial charge on any atom is -0.326 e. The Morgan fingerprint density at radius 3 is 2.68 bits per heavy atom. The van der Waals surface area contributed by atoms with E-state index in [1.165, 1.54) is 12.0 Å². The van der Waals surface area contributed by atoms with Crippen molar-refractivity contribution in [3.05, 3.63) is 60.4 Å². The Balaban J connectivity index is 0.00000140. The van der Waals surface area contributed by atoms with E-state index in [4.69, 9.17) is 0 Å². The second kappa shape index (κ2) is 10.5. The highest BCUT2D eigenvalue weighted by Gasteiger charge is 2.15. The Kier molecular flexibility index (Phi) is 8.30. The summed E-state index contributed by atoms with van der Waals surface area (Å²) in [5, 5.41) is 6.35. The summed E-state index contributed by atoms with van der Waals surface area (Å²) >= 11 is 0. The molecule has 1 unspecified atom stereocenters. The van der Waals surface area contributed by atoms with E-state index in [1.54, 1.807) is 0 Å². The summed E-state index contributed by atoms with van der Waals surface area (Å²) in [5.41, 5.74) is 4.18. The molecule has 1 saturated heterocycles. The SMILES string of the molecule is Cl.Cl.O=C(CCC1CCNC1)Nc1ccc(Cn2cnc3ccccc32)cc1. The van der Waals surface area contributed by atoms with Crippen LogP contribution in [0.2, 0.25) is 0 Å². The quantitative estimate of drug-likeness (QED) is 0.626. The van der Waals surface area contributed by atoms with Crippen molar-refractivity contribution in [1.29, 1.82) is 0 Å². The van der Waals surface area contributed by atoms with Crippen LogP contribution in [0.1, 0.15) is 24.8 Å². The molecule has 1 aliphatic rings. The number of para-hydroxylation sites is 2. The normalized spacial score (nSPS) is 15.6. The average molecular weight is 421 g/mol. The zero-order valence-electron chi connectivity index (χ0n) is 15.6. The van der Waals surface area contributed by atoms with Crippen LogP contribution in [0.4, 0.5) is 5.69 Å². The van der Waals surface area contributed by atoms with Gasteiger partial charge in [-0.2, -0.15) is 0 Å². The van der Waals surface area contributed by atoms with Gasteiger partial charge in [0.1, 0.15) is 0 Å². The second-order valence-electron chi connectivity index (χ2n) is 7.00. The van der Waals surface area contributed by atoms with E-state index in [1.807, 2.05) is 36.7 Å². The summed E-state index contributed by atoms with van der Waals surface area (Å²) in [6.45, 7) is 2.90. The summed E-state index contributed by atoms with van der Waals surface area (Å²) in [4.78, 5) is 16.5. The highest BCUT2D eigenvalue weighted by atomic mass is 35.5. The maximum Gasteiger partial charge on any atom is 0.224 e. The molecule has 2 N–H and O–H groups in total. The molecule has 1 amide bonds. The molecule has 4 rings (SSSR count). The molecule has 0 radical (unpaired) electrons. The van der Waals surface area contributed by atoms with Gasteiger partial charge >= 0.3 is 0 Å². The minimum atomic E-state index is 0. The van der Waals surface area contributed by atoms with Crippen LogP contribution in [0.25, 0.3) is 11.0 Å². The zero-order valence-corrected chi connectivity index (χ0v) is 17.3. The van der Waals surface area contributed by atoms with Crippen molar-refractivity contribution >= 4 is 47.4 Å². The standard InChI is InChI=1S/C21H24N4O.2ClH/c26-21(10-7-16-11-12-22-13-16)24-18-8-5-17(6-9-18)14-25-15-23-19-3-1-2-4-20(19)25;;/h1-6,8-9,15-16,22H,7,10-14H2,(H,24,26);2*1H. The topological polar surface area (TPSA) is 59.0 Å². The molecule has 0 spiro atoms. The lowest BCUT2D eigenvalue weighted by molar-refractivity contribution is -0.116. The molecule has 5 nitrogen and oxygen atoms in total. The Hall–Kier alpha value is -2.08. The van der Waals surface area contributed by atoms with E-state index in [-0.39, 0.29) is 30.7 Å². The molecule has 2 aromatic carbocycles. The lowest BCUT2D eigenvalue weighted by atomic mass is 10.0. The number of anilines is 1. The number of imidazole rings is 1. The molecule has 0 bridgehead atoms. The first-order valence-electron chi connectivity index (χ1n) is 9.27. The lowest BCUT2D eigenvalue weighted by Crippen LogP contribution is -2.15. The molecule has 1 aromatic heterocycles. The number of nitrogens with one attached hydrogen (secondary N) is 2. The van der Waals surface area contributed by atoms with E-state index >= 15 is 0 Å². The van der Waals surface area contributed by atoms with Crippen LogP contribution in [-0.2, 0) is 11.3 Å². The third-order valence-corrected chi connectivity index (χ3v) is 5.06. The second-order valence-corrected chi connectivity index (χ2v) is 7.00. The van der Waals surface area contributed by atoms with Gasteiger partial charge in [-0.15, -0.1) is 24.8 Å². The Morgan fingerprint density at radius 1 is 1.14 bits per heavy atom. The number of aromatic nitrogens is 2. The maximum absolute atomic E-state index is 12.1. The predicted molar refractivity (Wildman–Crippen MR) is 119 cm³/mol. The molecule has 0 saturated carbocycles. The van der Waals surface area contributed by atoms with Gasteiger partial charge in [0.25, 0.3) is 0 Å². The van der Waals surface area contributed by atoms with Crippen molar-refractivity contribution in [2.24, 2.45) is 5.92 Å². The summed E-state index contributed by atoms with van der Waals surface area (Å²) in [7, 11) is 0. The molecule has 2 heterocycles. The number of nitrogens with zero attached hydrogens (tertiary/aromatic N) is 2. The van der Waals surface area contributed by atoms with Gasteiger partial charge in [-0.1, -0.05) is 24.3 Å². The molecule has 28 heavy (non-hydrogen) atoms. The molecular weight excluding hydrogens is 395 g/mol. The van der Waals surface area contributed by atoms with Gasteiger partial charge in [0.15, 0.2) is 0 Å². The predicted octanol–water partition coefficient (Wildman–Crippen LogP) is 4.26. The van der Waals surface area contributed by atoms with E-state index in [0.717, 1.165) is 42.8 Å². The van der Waals surface area contributed by atoms with Gasteiger partial charge in [0, 0.05) is 18.7 Å². The van der Waals surface area contributed by atoms with Crippen LogP contribution < -0.4 is 10.6 Å². The van der Waals surface area contributed by atoms with Crippen molar-refractivity contribution in [2.45, 2.75) is 25.8 Å². The number of carbonyl (C=O) groups is 1. The lowest BCUT2D eigenvalue weighted by Gasteiger charge is -2.10. The van der Waals surface area contributed by atoms with Gasteiger partial charge in [-0.05, 0) is 61.7 Å². The largest absolute Gasteiger partial charge is 0.326 e. The Bertz CT molecular complexity index is 889. The number of amides is 1. The number of hydrogen-bond acceptors (Lipinski definition) is 3. The van der Waals surface area contributed by atoms with Gasteiger partial charge in [-0.3, -0.25) is 4.79 Å². The van der Waals surface area contributed by atoms with Crippen LogP contribution >= 0.6 is 24.8 Å². The third-order valence-electron chi connectivity index (χ3n) is 5.06. The molecule has 3 aromatic rings. The van der Waals surface area contributed by atoms with Crippen molar-refractivity contribution in [2.75, 3.05) is 18.4 Å². The molecule has 150 valence electrons. The number of carbonyl (C=O) groups excluding carboxylic acids is 1. The third kappa shape index (κ3) is 5.47. The van der Waals surface area contributed by atoms with Gasteiger partial charge in [-0.25, -0.2) is 4.98 Å². The fourth-order valence-electron chi connectivity index (χ4n) is 3.55. The summed E-state index contributed by atoms with van der Waals surface area (Å²) in [5.74, 6) is 0.749. The summed E-state index contributed by atoms with van der Waals surface area (Å²) < 4.78 is 2.14. The summed E-state index contributed by atoms with van der Waals surface area (Å²) in [6.07, 6.45) is 4.61. The zero-order chi connectivity index (χ0) is 17.8. The van der Waals surface area contributed by atoms with E-state index in [2.05, 4.69) is 38.4 Å². The average Bonchev–Trinajstić information content (AvgIpc) is 3.32. The van der Waals surface area contributed by atoms with E-state index in [0.29, 0.717) is 12.3 Å². The van der Waals surface area contributed by atoms with Gasteiger partial charge in [0.05, 0.1) is 17.4 Å². The van der Waals surface area contributed by atoms with Gasteiger partial charge < -0.3 is 15.2 Å². The van der Waals surface area contributed by atoms with Crippen LogP contribution in [-0.4, -0.2) is 28.5 Å². The maximum atomic E-state index is 12.1. The van der Waals surface area contributed by atoms with Crippen molar-refractivity contribution < 1.29 is 4.79 Å². The molecule has 1 atom stereocenters. The first kappa shape index (κ1) is 22.2. The fraction of sp³-hybridized carbons (Fsp3) is 0.333. The molecule has 7 heteroatoms. The van der Waals surface area contributed by atoms with Crippen LogP contribution in [0.15, 0.2) is 54.9 Å². The first-order chi connectivity index (χ1) is 12.8. The Labute approximate surface area is 177 Å². The monoisotopic (exact) mass is 420 g/mol. The van der Waals surface area contributed by atoms with E-state index < -0.39 is 0 Å². The number of halogens is 2. The van der Waals surface area contributed by atoms with E-state index in [9.17, 15) is 4.79 Å². The van der Waals surface area contributed by atoms with Crippen molar-refractivity contribution in [1.82, 2.24) is 14.9 Å². The van der Waals surface area contributed by atoms with Crippen molar-refractivity contribution in [3.8, 4) is 0 Å². The summed E-state index contributed by atoms with van der Waals surface area (Å²) in [6, 6.07) is 16.2. The fourth-order valence-corrected chi connectivity index (χ4v) is 3.55. The highest BCUT2D eigenvalue weighted by molar-refractivity contribution is 5.90. The smallest absolute Gasteiger partial charge is 0.224 e.